The van der Waals surface area contributed by atoms with Crippen molar-refractivity contribution in [3.63, 3.8) is 0 Å². The number of hydrogen-bond acceptors (Lipinski definition) is 2. The van der Waals surface area contributed by atoms with Crippen molar-refractivity contribution in [1.82, 2.24) is 4.57 Å². The van der Waals surface area contributed by atoms with E-state index in [0.29, 0.717) is 0 Å². The molecule has 0 amide bonds. The summed E-state index contributed by atoms with van der Waals surface area (Å²) in [6.45, 7) is 0. The summed E-state index contributed by atoms with van der Waals surface area (Å²) in [4.78, 5) is 2.44. The number of fused-ring (bicyclic) bond motifs is 8. The largest absolute Gasteiger partial charge is 0.453 e. The fraction of sp³-hybridized carbons (Fsp3) is 0. The van der Waals surface area contributed by atoms with Gasteiger partial charge in [-0.1, -0.05) is 133 Å². The van der Waals surface area contributed by atoms with Crippen molar-refractivity contribution < 1.29 is 4.74 Å². The Hall–Kier alpha value is -7.10. The summed E-state index contributed by atoms with van der Waals surface area (Å²) < 4.78 is 8.80. The van der Waals surface area contributed by atoms with E-state index in [1.807, 2.05) is 12.1 Å². The molecule has 3 nitrogen and oxygen atoms in total. The first kappa shape index (κ1) is 29.6. The van der Waals surface area contributed by atoms with E-state index in [-0.39, 0.29) is 0 Å². The normalized spacial score (nSPS) is 11.9. The van der Waals surface area contributed by atoms with Crippen molar-refractivity contribution in [3.05, 3.63) is 194 Å². The van der Waals surface area contributed by atoms with Gasteiger partial charge in [-0.15, -0.1) is 0 Å². The second-order valence-corrected chi connectivity index (χ2v) is 13.8. The summed E-state index contributed by atoms with van der Waals surface area (Å²) in [6, 6.07) is 69.9. The molecule has 9 aromatic carbocycles. The van der Waals surface area contributed by atoms with Gasteiger partial charge in [0.25, 0.3) is 0 Å². The molecule has 0 spiro atoms. The van der Waals surface area contributed by atoms with Crippen LogP contribution in [0.1, 0.15) is 0 Å². The van der Waals surface area contributed by atoms with Crippen LogP contribution in [0.15, 0.2) is 194 Å². The summed E-state index contributed by atoms with van der Waals surface area (Å²) in [5, 5.41) is 7.25. The summed E-state index contributed by atoms with van der Waals surface area (Å²) in [5.74, 6) is 1.74. The Morgan fingerprint density at radius 1 is 0.377 bits per heavy atom. The highest BCUT2D eigenvalue weighted by molar-refractivity contribution is 6.16. The molecule has 0 saturated heterocycles. The number of nitrogens with zero attached hydrogens (tertiary/aromatic N) is 2. The van der Waals surface area contributed by atoms with Gasteiger partial charge in [0.2, 0.25) is 0 Å². The van der Waals surface area contributed by atoms with E-state index in [4.69, 9.17) is 4.74 Å². The van der Waals surface area contributed by atoms with Crippen molar-refractivity contribution in [2.24, 2.45) is 0 Å². The van der Waals surface area contributed by atoms with Crippen LogP contribution in [-0.2, 0) is 0 Å². The molecule has 0 saturated carbocycles. The lowest BCUT2D eigenvalue weighted by Crippen LogP contribution is -2.11. The van der Waals surface area contributed by atoms with Gasteiger partial charge < -0.3 is 14.2 Å². The van der Waals surface area contributed by atoms with Crippen LogP contribution >= 0.6 is 0 Å². The van der Waals surface area contributed by atoms with E-state index in [2.05, 4.69) is 191 Å². The maximum absolute atomic E-state index is 6.45. The second-order valence-electron chi connectivity index (χ2n) is 13.8. The molecule has 2 heterocycles. The van der Waals surface area contributed by atoms with Crippen LogP contribution in [0.3, 0.4) is 0 Å². The minimum atomic E-state index is 0.867. The zero-order valence-electron chi connectivity index (χ0n) is 28.8. The van der Waals surface area contributed by atoms with Crippen LogP contribution in [0.5, 0.6) is 11.5 Å². The van der Waals surface area contributed by atoms with Crippen molar-refractivity contribution in [2.75, 3.05) is 4.90 Å². The van der Waals surface area contributed by atoms with Gasteiger partial charge in [-0.05, 0) is 99.1 Å². The average molecular weight is 677 g/mol. The highest BCUT2D eigenvalue weighted by Gasteiger charge is 2.25. The molecule has 10 aromatic rings. The van der Waals surface area contributed by atoms with Gasteiger partial charge in [-0.25, -0.2) is 0 Å². The van der Waals surface area contributed by atoms with Gasteiger partial charge in [0.05, 0.1) is 22.4 Å². The van der Waals surface area contributed by atoms with Crippen molar-refractivity contribution in [1.29, 1.82) is 0 Å². The van der Waals surface area contributed by atoms with E-state index in [0.717, 1.165) is 50.8 Å². The smallest absolute Gasteiger partial charge is 0.152 e. The van der Waals surface area contributed by atoms with Crippen LogP contribution in [0.2, 0.25) is 0 Å². The average Bonchev–Trinajstić information content (AvgIpc) is 3.56. The molecule has 3 heteroatoms. The fourth-order valence-corrected chi connectivity index (χ4v) is 8.32. The van der Waals surface area contributed by atoms with Gasteiger partial charge >= 0.3 is 0 Å². The van der Waals surface area contributed by atoms with Crippen LogP contribution in [0.4, 0.5) is 17.1 Å². The Bertz CT molecular complexity index is 3050. The number of aromatic nitrogens is 1. The summed E-state index contributed by atoms with van der Waals surface area (Å²) in [6.07, 6.45) is 0. The predicted octanol–water partition coefficient (Wildman–Crippen LogP) is 14.0. The highest BCUT2D eigenvalue weighted by atomic mass is 16.5. The van der Waals surface area contributed by atoms with Crippen LogP contribution in [0, 0.1) is 0 Å². The van der Waals surface area contributed by atoms with E-state index in [9.17, 15) is 0 Å². The minimum absolute atomic E-state index is 0.867. The molecule has 0 aliphatic carbocycles. The lowest BCUT2D eigenvalue weighted by Gasteiger charge is -2.28. The zero-order chi connectivity index (χ0) is 34.9. The first-order chi connectivity index (χ1) is 26.3. The SMILES string of the molecule is c1ccc(-c2cccc(-c3cccc(N(c4ccc5c(c4)c4cccc6c4n5-c4ccccc4O6)c4cc5ccccc5c5ccccc45)c3)c2)cc1. The third-order valence-corrected chi connectivity index (χ3v) is 10.7. The van der Waals surface area contributed by atoms with Crippen LogP contribution in [-0.4, -0.2) is 4.57 Å². The van der Waals surface area contributed by atoms with Crippen molar-refractivity contribution in [3.8, 4) is 39.4 Å². The van der Waals surface area contributed by atoms with E-state index < -0.39 is 0 Å². The predicted molar refractivity (Wildman–Crippen MR) is 221 cm³/mol. The number of benzene rings is 9. The molecular weight excluding hydrogens is 645 g/mol. The number of anilines is 3. The third kappa shape index (κ3) is 4.68. The molecule has 0 N–H and O–H groups in total. The zero-order valence-corrected chi connectivity index (χ0v) is 28.8. The molecule has 248 valence electrons. The fourth-order valence-electron chi connectivity index (χ4n) is 8.32. The molecule has 1 aromatic heterocycles. The number of rotatable bonds is 5. The summed E-state index contributed by atoms with van der Waals surface area (Å²) >= 11 is 0. The van der Waals surface area contributed by atoms with Gasteiger partial charge in [-0.3, -0.25) is 0 Å². The van der Waals surface area contributed by atoms with Crippen molar-refractivity contribution >= 4 is 60.4 Å². The van der Waals surface area contributed by atoms with Gasteiger partial charge in [0, 0.05) is 27.5 Å². The number of para-hydroxylation sites is 3. The molecule has 0 radical (unpaired) electrons. The third-order valence-electron chi connectivity index (χ3n) is 10.7. The van der Waals surface area contributed by atoms with Crippen molar-refractivity contribution in [2.45, 2.75) is 0 Å². The Morgan fingerprint density at radius 2 is 1.00 bits per heavy atom. The van der Waals surface area contributed by atoms with E-state index >= 15 is 0 Å². The quantitative estimate of drug-likeness (QED) is 0.169. The summed E-state index contributed by atoms with van der Waals surface area (Å²) in [7, 11) is 0. The molecule has 0 unspecified atom stereocenters. The Morgan fingerprint density at radius 3 is 1.89 bits per heavy atom. The van der Waals surface area contributed by atoms with Gasteiger partial charge in [-0.2, -0.15) is 0 Å². The highest BCUT2D eigenvalue weighted by Crippen LogP contribution is 2.48. The Labute approximate surface area is 307 Å². The minimum Gasteiger partial charge on any atom is -0.453 e. The van der Waals surface area contributed by atoms with E-state index in [1.165, 1.54) is 49.0 Å². The standard InChI is InChI=1S/C50H32N2O/c1-2-13-33(14-3-1)34-16-10-17-35(29-34)36-18-11-19-38(30-36)51(47-31-37-15-4-5-20-40(37)41-21-6-7-22-42(41)47)39-27-28-45-44(32-39)43-23-12-26-49-50(43)52(45)46-24-8-9-25-48(46)53-49/h1-32H. The first-order valence-corrected chi connectivity index (χ1v) is 18.1. The van der Waals surface area contributed by atoms with Crippen LogP contribution in [0.25, 0.3) is 71.3 Å². The maximum atomic E-state index is 6.45. The molecule has 11 rings (SSSR count). The number of ether oxygens (including phenoxy) is 1. The second kappa shape index (κ2) is 11.7. The monoisotopic (exact) mass is 676 g/mol. The van der Waals surface area contributed by atoms with Gasteiger partial charge in [0.15, 0.2) is 11.5 Å². The Kier molecular flexibility index (Phi) is 6.55. The Balaban J connectivity index is 1.16. The van der Waals surface area contributed by atoms with Crippen LogP contribution < -0.4 is 9.64 Å². The molecule has 0 atom stereocenters. The molecule has 0 bridgehead atoms. The topological polar surface area (TPSA) is 17.4 Å². The molecule has 1 aliphatic rings. The first-order valence-electron chi connectivity index (χ1n) is 18.1. The molecule has 53 heavy (non-hydrogen) atoms. The number of hydrogen-bond donors (Lipinski definition) is 0. The lowest BCUT2D eigenvalue weighted by molar-refractivity contribution is 0.476. The molecule has 1 aliphatic heterocycles. The lowest BCUT2D eigenvalue weighted by atomic mass is 9.97. The summed E-state index contributed by atoms with van der Waals surface area (Å²) in [5.41, 5.74) is 11.4. The molecule has 0 fully saturated rings. The van der Waals surface area contributed by atoms with E-state index in [1.54, 1.807) is 0 Å². The van der Waals surface area contributed by atoms with Gasteiger partial charge in [0.1, 0.15) is 0 Å². The maximum Gasteiger partial charge on any atom is 0.152 e. The molecular formula is C50H32N2O.